The van der Waals surface area contributed by atoms with Gasteiger partial charge in [-0.15, -0.1) is 11.3 Å². The number of urea groups is 1. The van der Waals surface area contributed by atoms with Crippen molar-refractivity contribution in [2.75, 3.05) is 32.1 Å². The van der Waals surface area contributed by atoms with Crippen molar-refractivity contribution in [1.82, 2.24) is 9.80 Å². The maximum atomic E-state index is 13.6. The van der Waals surface area contributed by atoms with Gasteiger partial charge in [-0.2, -0.15) is 0 Å². The molecule has 0 spiro atoms. The molecule has 0 saturated carbocycles. The second-order valence-corrected chi connectivity index (χ2v) is 10.2. The highest BCUT2D eigenvalue weighted by Crippen LogP contribution is 2.35. The molecule has 7 nitrogen and oxygen atoms in total. The molecule has 4 rings (SSSR count). The van der Waals surface area contributed by atoms with Gasteiger partial charge in [-0.05, 0) is 67.6 Å². The third-order valence-electron chi connectivity index (χ3n) is 6.15. The largest absolute Gasteiger partial charge is 0.493 e. The molecule has 2 heterocycles. The van der Waals surface area contributed by atoms with E-state index in [0.717, 1.165) is 12.0 Å². The van der Waals surface area contributed by atoms with Crippen molar-refractivity contribution in [1.29, 1.82) is 0 Å². The molecule has 0 bridgehead atoms. The van der Waals surface area contributed by atoms with Crippen LogP contribution in [0, 0.1) is 0 Å². The number of halogens is 1. The Morgan fingerprint density at radius 3 is 2.67 bits per heavy atom. The molecule has 0 aliphatic carbocycles. The molecule has 1 aliphatic heterocycles. The summed E-state index contributed by atoms with van der Waals surface area (Å²) in [5.41, 5.74) is 1.67. The maximum absolute atomic E-state index is 13.6. The summed E-state index contributed by atoms with van der Waals surface area (Å²) in [6.07, 6.45) is 0.778. The fraction of sp³-hybridized carbons (Fsp3) is 0.333. The number of hydrogen-bond acceptors (Lipinski definition) is 5. The van der Waals surface area contributed by atoms with Crippen LogP contribution in [0.3, 0.4) is 0 Å². The summed E-state index contributed by atoms with van der Waals surface area (Å²) in [6, 6.07) is 15.7. The number of anilines is 1. The molecule has 1 aliphatic rings. The third kappa shape index (κ3) is 5.94. The van der Waals surface area contributed by atoms with E-state index in [0.29, 0.717) is 28.8 Å². The number of methoxy groups -OCH3 is 1. The predicted molar refractivity (Wildman–Crippen MR) is 143 cm³/mol. The molecule has 1 unspecified atom stereocenters. The summed E-state index contributed by atoms with van der Waals surface area (Å²) in [6.45, 7) is 4.58. The van der Waals surface area contributed by atoms with E-state index in [1.807, 2.05) is 48.4 Å². The molecule has 9 heteroatoms. The number of benzene rings is 2. The van der Waals surface area contributed by atoms with E-state index in [2.05, 4.69) is 11.4 Å². The molecule has 190 valence electrons. The van der Waals surface area contributed by atoms with Gasteiger partial charge in [0.1, 0.15) is 13.2 Å². The van der Waals surface area contributed by atoms with Gasteiger partial charge in [0, 0.05) is 28.2 Å². The van der Waals surface area contributed by atoms with Crippen molar-refractivity contribution >= 4 is 40.6 Å². The van der Waals surface area contributed by atoms with Crippen LogP contribution in [-0.4, -0.2) is 54.6 Å². The molecule has 1 atom stereocenters. The number of rotatable bonds is 8. The SMILES string of the molecule is COc1ccccc1OCC1c2ccsc2CCN1C(=O)CN(C(=O)Nc1cccc(Cl)c1)C(C)C. The van der Waals surface area contributed by atoms with Crippen molar-refractivity contribution in [3.05, 3.63) is 75.4 Å². The normalized spacial score (nSPS) is 14.8. The molecule has 36 heavy (non-hydrogen) atoms. The van der Waals surface area contributed by atoms with Crippen molar-refractivity contribution in [2.24, 2.45) is 0 Å². The average molecular weight is 528 g/mol. The van der Waals surface area contributed by atoms with Crippen LogP contribution in [0.1, 0.15) is 30.3 Å². The highest BCUT2D eigenvalue weighted by Gasteiger charge is 2.34. The maximum Gasteiger partial charge on any atom is 0.322 e. The Bertz CT molecular complexity index is 1210. The molecule has 2 aromatic carbocycles. The van der Waals surface area contributed by atoms with Crippen LogP contribution in [0.2, 0.25) is 5.02 Å². The highest BCUT2D eigenvalue weighted by molar-refractivity contribution is 7.10. The number of carbonyl (C=O) groups excluding carboxylic acids is 2. The topological polar surface area (TPSA) is 71.1 Å². The second-order valence-electron chi connectivity index (χ2n) is 8.78. The van der Waals surface area contributed by atoms with Crippen LogP contribution >= 0.6 is 22.9 Å². The Balaban J connectivity index is 1.50. The number of ether oxygens (including phenoxy) is 2. The van der Waals surface area contributed by atoms with Crippen LogP contribution in [0.25, 0.3) is 0 Å². The zero-order chi connectivity index (χ0) is 25.7. The highest BCUT2D eigenvalue weighted by atomic mass is 35.5. The van der Waals surface area contributed by atoms with Gasteiger partial charge in [0.2, 0.25) is 5.91 Å². The lowest BCUT2D eigenvalue weighted by molar-refractivity contribution is -0.135. The number of thiophene rings is 1. The van der Waals surface area contributed by atoms with Gasteiger partial charge in [-0.1, -0.05) is 29.8 Å². The zero-order valence-corrected chi connectivity index (χ0v) is 22.1. The lowest BCUT2D eigenvalue weighted by atomic mass is 10.0. The molecular formula is C27H30ClN3O4S. The van der Waals surface area contributed by atoms with Crippen molar-refractivity contribution in [2.45, 2.75) is 32.4 Å². The molecule has 3 aromatic rings. The Morgan fingerprint density at radius 1 is 1.17 bits per heavy atom. The summed E-state index contributed by atoms with van der Waals surface area (Å²) < 4.78 is 11.6. The number of nitrogens with zero attached hydrogens (tertiary/aromatic N) is 2. The van der Waals surface area contributed by atoms with E-state index < -0.39 is 0 Å². The number of para-hydroxylation sites is 2. The fourth-order valence-electron chi connectivity index (χ4n) is 4.27. The van der Waals surface area contributed by atoms with Crippen LogP contribution in [0.15, 0.2) is 60.0 Å². The van der Waals surface area contributed by atoms with E-state index in [9.17, 15) is 9.59 Å². The van der Waals surface area contributed by atoms with Crippen molar-refractivity contribution < 1.29 is 19.1 Å². The number of nitrogens with one attached hydrogen (secondary N) is 1. The molecule has 1 aromatic heterocycles. The first-order valence-corrected chi connectivity index (χ1v) is 13.1. The monoisotopic (exact) mass is 527 g/mol. The van der Waals surface area contributed by atoms with Crippen LogP contribution < -0.4 is 14.8 Å². The van der Waals surface area contributed by atoms with E-state index in [-0.39, 0.29) is 37.2 Å². The van der Waals surface area contributed by atoms with Gasteiger partial charge in [0.25, 0.3) is 0 Å². The quantitative estimate of drug-likeness (QED) is 0.398. The fourth-order valence-corrected chi connectivity index (χ4v) is 5.39. The first kappa shape index (κ1) is 25.9. The predicted octanol–water partition coefficient (Wildman–Crippen LogP) is 5.86. The van der Waals surface area contributed by atoms with Crippen molar-refractivity contribution in [3.63, 3.8) is 0 Å². The minimum absolute atomic E-state index is 0.0469. The van der Waals surface area contributed by atoms with Gasteiger partial charge >= 0.3 is 6.03 Å². The van der Waals surface area contributed by atoms with Crippen LogP contribution in [-0.2, 0) is 11.2 Å². The molecule has 1 N–H and O–H groups in total. The van der Waals surface area contributed by atoms with E-state index in [4.69, 9.17) is 21.1 Å². The summed E-state index contributed by atoms with van der Waals surface area (Å²) in [7, 11) is 1.60. The molecule has 3 amide bonds. The minimum atomic E-state index is -0.351. The van der Waals surface area contributed by atoms with Gasteiger partial charge in [-0.3, -0.25) is 4.79 Å². The van der Waals surface area contributed by atoms with E-state index in [1.165, 1.54) is 9.78 Å². The second kappa shape index (κ2) is 11.7. The lowest BCUT2D eigenvalue weighted by Gasteiger charge is -2.37. The third-order valence-corrected chi connectivity index (χ3v) is 7.38. The minimum Gasteiger partial charge on any atom is -0.493 e. The molecule has 0 radical (unpaired) electrons. The van der Waals surface area contributed by atoms with E-state index >= 15 is 0 Å². The number of fused-ring (bicyclic) bond motifs is 1. The van der Waals surface area contributed by atoms with Crippen molar-refractivity contribution in [3.8, 4) is 11.5 Å². The van der Waals surface area contributed by atoms with Gasteiger partial charge in [0.15, 0.2) is 11.5 Å². The summed E-state index contributed by atoms with van der Waals surface area (Å²) in [5, 5.41) is 5.42. The number of hydrogen-bond donors (Lipinski definition) is 1. The van der Waals surface area contributed by atoms with E-state index in [1.54, 1.807) is 42.7 Å². The first-order chi connectivity index (χ1) is 17.4. The Labute approximate surface area is 220 Å². The zero-order valence-electron chi connectivity index (χ0n) is 20.6. The summed E-state index contributed by atoms with van der Waals surface area (Å²) in [5.74, 6) is 1.13. The van der Waals surface area contributed by atoms with Gasteiger partial charge < -0.3 is 24.6 Å². The van der Waals surface area contributed by atoms with Crippen LogP contribution in [0.4, 0.5) is 10.5 Å². The van der Waals surface area contributed by atoms with Gasteiger partial charge in [0.05, 0.1) is 13.2 Å². The summed E-state index contributed by atoms with van der Waals surface area (Å²) in [4.78, 5) is 31.3. The Kier molecular flexibility index (Phi) is 8.38. The lowest BCUT2D eigenvalue weighted by Crippen LogP contribution is -2.50. The first-order valence-electron chi connectivity index (χ1n) is 11.8. The summed E-state index contributed by atoms with van der Waals surface area (Å²) >= 11 is 7.75. The Hall–Kier alpha value is -3.23. The standard InChI is InChI=1S/C27H30ClN3O4S/c1-18(2)31(27(33)29-20-8-6-7-19(28)15-20)16-26(32)30-13-11-25-21(12-14-36-25)22(30)17-35-24-10-5-4-9-23(24)34-3/h4-10,12,14-15,18,22H,11,13,16-17H2,1-3H3,(H,29,33). The molecule has 0 saturated heterocycles. The number of amides is 3. The molecule has 0 fully saturated rings. The number of carbonyl (C=O) groups is 2. The Morgan fingerprint density at radius 2 is 1.94 bits per heavy atom. The van der Waals surface area contributed by atoms with Gasteiger partial charge in [-0.25, -0.2) is 4.79 Å². The average Bonchev–Trinajstić information content (AvgIpc) is 3.34. The van der Waals surface area contributed by atoms with Crippen LogP contribution in [0.5, 0.6) is 11.5 Å². The smallest absolute Gasteiger partial charge is 0.322 e. The molecular weight excluding hydrogens is 498 g/mol.